The van der Waals surface area contributed by atoms with Gasteiger partial charge in [0.05, 0.1) is 0 Å². The highest BCUT2D eigenvalue weighted by molar-refractivity contribution is 9.10. The first kappa shape index (κ1) is 6.79. The Morgan fingerprint density at radius 2 is 2.36 bits per heavy atom. The minimum absolute atomic E-state index is 0.631. The number of halogens is 1. The first-order chi connectivity index (χ1) is 5.27. The molecule has 2 heterocycles. The van der Waals surface area contributed by atoms with Crippen LogP contribution in [-0.4, -0.2) is 14.5 Å². The van der Waals surface area contributed by atoms with Crippen LogP contribution >= 0.6 is 15.9 Å². The number of hydrogen-bond donors (Lipinski definition) is 0. The van der Waals surface area contributed by atoms with E-state index in [2.05, 4.69) is 25.9 Å². The Hall–Kier alpha value is -0.900. The van der Waals surface area contributed by atoms with Gasteiger partial charge < -0.3 is 4.57 Å². The predicted molar refractivity (Wildman–Crippen MR) is 46.2 cm³/mol. The van der Waals surface area contributed by atoms with Gasteiger partial charge in [0.15, 0.2) is 4.73 Å². The predicted octanol–water partition coefficient (Wildman–Crippen LogP) is 1.73. The number of rotatable bonds is 0. The molecule has 4 heteroatoms. The Morgan fingerprint density at radius 1 is 1.55 bits per heavy atom. The third-order valence-electron chi connectivity index (χ3n) is 1.58. The number of aromatic nitrogens is 3. The lowest BCUT2D eigenvalue weighted by Crippen LogP contribution is -1.89. The molecule has 0 fully saturated rings. The summed E-state index contributed by atoms with van der Waals surface area (Å²) in [7, 11) is 1.96. The lowest BCUT2D eigenvalue weighted by Gasteiger charge is -1.93. The van der Waals surface area contributed by atoms with E-state index in [0.717, 1.165) is 11.0 Å². The van der Waals surface area contributed by atoms with Gasteiger partial charge in [-0.1, -0.05) is 0 Å². The average molecular weight is 212 g/mol. The Balaban J connectivity index is 2.87. The van der Waals surface area contributed by atoms with Crippen LogP contribution in [0.3, 0.4) is 0 Å². The van der Waals surface area contributed by atoms with Crippen molar-refractivity contribution in [2.45, 2.75) is 0 Å². The molecule has 3 nitrogen and oxygen atoms in total. The van der Waals surface area contributed by atoms with Gasteiger partial charge in [-0.15, -0.1) is 0 Å². The van der Waals surface area contributed by atoms with Gasteiger partial charge in [-0.2, -0.15) is 0 Å². The number of hydrogen-bond acceptors (Lipinski definition) is 2. The van der Waals surface area contributed by atoms with E-state index >= 15 is 0 Å². The highest BCUT2D eigenvalue weighted by atomic mass is 79.9. The molecule has 0 aliphatic carbocycles. The second-order valence-corrected chi connectivity index (χ2v) is 3.05. The summed E-state index contributed by atoms with van der Waals surface area (Å²) in [6.45, 7) is 0. The van der Waals surface area contributed by atoms with Crippen molar-refractivity contribution >= 4 is 27.0 Å². The summed E-state index contributed by atoms with van der Waals surface area (Å²) >= 11 is 3.22. The van der Waals surface area contributed by atoms with Crippen molar-refractivity contribution in [1.82, 2.24) is 14.5 Å². The van der Waals surface area contributed by atoms with Crippen LogP contribution in [0.25, 0.3) is 11.0 Å². The van der Waals surface area contributed by atoms with Crippen molar-refractivity contribution in [2.24, 2.45) is 7.05 Å². The second-order valence-electron chi connectivity index (χ2n) is 2.34. The molecule has 0 N–H and O–H groups in total. The Labute approximate surface area is 72.2 Å². The van der Waals surface area contributed by atoms with Crippen LogP contribution in [-0.2, 0) is 7.05 Å². The van der Waals surface area contributed by atoms with Gasteiger partial charge in [-0.25, -0.2) is 9.97 Å². The Morgan fingerprint density at radius 3 is 3.18 bits per heavy atom. The summed E-state index contributed by atoms with van der Waals surface area (Å²) in [5.74, 6) is 0. The second kappa shape index (κ2) is 2.30. The molecule has 0 atom stereocenters. The number of aryl methyl sites for hydroxylation is 1. The van der Waals surface area contributed by atoms with Crippen LogP contribution in [0.1, 0.15) is 0 Å². The van der Waals surface area contributed by atoms with Crippen molar-refractivity contribution < 1.29 is 0 Å². The molecular weight excluding hydrogens is 206 g/mol. The quantitative estimate of drug-likeness (QED) is 0.622. The molecule has 0 aromatic carbocycles. The molecule has 0 saturated heterocycles. The number of nitrogens with zero attached hydrogens (tertiary/aromatic N) is 3. The highest BCUT2D eigenvalue weighted by Gasteiger charge is 1.99. The van der Waals surface area contributed by atoms with E-state index in [1.54, 1.807) is 6.20 Å². The van der Waals surface area contributed by atoms with Crippen LogP contribution in [0.15, 0.2) is 23.2 Å². The SMILES string of the molecule is Cn1ccc2cnc(Br)nc21. The van der Waals surface area contributed by atoms with Gasteiger partial charge >= 0.3 is 0 Å². The van der Waals surface area contributed by atoms with E-state index in [0.29, 0.717) is 4.73 Å². The van der Waals surface area contributed by atoms with E-state index in [1.807, 2.05) is 23.9 Å². The van der Waals surface area contributed by atoms with Gasteiger partial charge in [0, 0.05) is 24.8 Å². The molecule has 56 valence electrons. The Bertz CT molecular complexity index is 393. The minimum Gasteiger partial charge on any atom is -0.335 e. The lowest BCUT2D eigenvalue weighted by molar-refractivity contribution is 0.938. The lowest BCUT2D eigenvalue weighted by atomic mass is 10.4. The van der Waals surface area contributed by atoms with Crippen LogP contribution in [0, 0.1) is 0 Å². The van der Waals surface area contributed by atoms with Gasteiger partial charge in [0.25, 0.3) is 0 Å². The molecular formula is C7H6BrN3. The van der Waals surface area contributed by atoms with Crippen molar-refractivity contribution in [2.75, 3.05) is 0 Å². The molecule has 2 aromatic rings. The molecule has 0 aliphatic rings. The fourth-order valence-electron chi connectivity index (χ4n) is 1.02. The summed E-state index contributed by atoms with van der Waals surface area (Å²) < 4.78 is 2.59. The fraction of sp³-hybridized carbons (Fsp3) is 0.143. The van der Waals surface area contributed by atoms with Crippen molar-refractivity contribution in [3.05, 3.63) is 23.2 Å². The summed E-state index contributed by atoms with van der Waals surface area (Å²) in [6, 6.07) is 1.99. The zero-order chi connectivity index (χ0) is 7.84. The number of fused-ring (bicyclic) bond motifs is 1. The zero-order valence-electron chi connectivity index (χ0n) is 5.95. The van der Waals surface area contributed by atoms with E-state index < -0.39 is 0 Å². The average Bonchev–Trinajstić information content (AvgIpc) is 2.33. The molecule has 0 amide bonds. The van der Waals surface area contributed by atoms with E-state index in [1.165, 1.54) is 0 Å². The standard InChI is InChI=1S/C7H6BrN3/c1-11-3-2-5-4-9-7(8)10-6(5)11/h2-4H,1H3. The van der Waals surface area contributed by atoms with E-state index in [4.69, 9.17) is 0 Å². The van der Waals surface area contributed by atoms with Crippen LogP contribution in [0.2, 0.25) is 0 Å². The molecule has 0 radical (unpaired) electrons. The molecule has 0 bridgehead atoms. The zero-order valence-corrected chi connectivity index (χ0v) is 7.54. The van der Waals surface area contributed by atoms with E-state index in [9.17, 15) is 0 Å². The molecule has 11 heavy (non-hydrogen) atoms. The van der Waals surface area contributed by atoms with Crippen molar-refractivity contribution in [3.8, 4) is 0 Å². The maximum Gasteiger partial charge on any atom is 0.198 e. The van der Waals surface area contributed by atoms with Gasteiger partial charge in [0.2, 0.25) is 0 Å². The van der Waals surface area contributed by atoms with Gasteiger partial charge in [-0.3, -0.25) is 0 Å². The van der Waals surface area contributed by atoms with Crippen molar-refractivity contribution in [1.29, 1.82) is 0 Å². The van der Waals surface area contributed by atoms with Crippen LogP contribution in [0.4, 0.5) is 0 Å². The Kier molecular flexibility index (Phi) is 1.42. The van der Waals surface area contributed by atoms with Gasteiger partial charge in [0.1, 0.15) is 5.65 Å². The molecule has 0 unspecified atom stereocenters. The first-order valence-electron chi connectivity index (χ1n) is 3.21. The van der Waals surface area contributed by atoms with Crippen LogP contribution < -0.4 is 0 Å². The molecule has 0 saturated carbocycles. The molecule has 2 aromatic heterocycles. The summed E-state index contributed by atoms with van der Waals surface area (Å²) in [6.07, 6.45) is 3.76. The highest BCUT2D eigenvalue weighted by Crippen LogP contribution is 2.12. The fourth-order valence-corrected chi connectivity index (χ4v) is 1.29. The summed E-state index contributed by atoms with van der Waals surface area (Å²) in [5, 5.41) is 1.07. The first-order valence-corrected chi connectivity index (χ1v) is 4.00. The largest absolute Gasteiger partial charge is 0.335 e. The van der Waals surface area contributed by atoms with Gasteiger partial charge in [-0.05, 0) is 22.0 Å². The monoisotopic (exact) mass is 211 g/mol. The topological polar surface area (TPSA) is 30.7 Å². The molecule has 0 spiro atoms. The minimum atomic E-state index is 0.631. The third kappa shape index (κ3) is 1.03. The molecule has 2 rings (SSSR count). The van der Waals surface area contributed by atoms with Crippen LogP contribution in [0.5, 0.6) is 0 Å². The third-order valence-corrected chi connectivity index (χ3v) is 1.96. The van der Waals surface area contributed by atoms with E-state index in [-0.39, 0.29) is 0 Å². The smallest absolute Gasteiger partial charge is 0.198 e. The summed E-state index contributed by atoms with van der Waals surface area (Å²) in [5.41, 5.74) is 0.951. The normalized spacial score (nSPS) is 10.7. The summed E-state index contributed by atoms with van der Waals surface area (Å²) in [4.78, 5) is 8.22. The molecule has 0 aliphatic heterocycles. The maximum absolute atomic E-state index is 4.20. The van der Waals surface area contributed by atoms with Crippen molar-refractivity contribution in [3.63, 3.8) is 0 Å². The maximum atomic E-state index is 4.20.